The van der Waals surface area contributed by atoms with Crippen LogP contribution < -0.4 is 27.4 Å². The number of carbonyl (C=O) groups excluding carboxylic acids is 4. The topological polar surface area (TPSA) is 214 Å². The lowest BCUT2D eigenvalue weighted by atomic mass is 10.1. The number of carboxylic acid groups (broad SMARTS) is 1. The van der Waals surface area contributed by atoms with Gasteiger partial charge in [-0.25, -0.2) is 4.79 Å². The van der Waals surface area contributed by atoms with E-state index in [1.165, 1.54) is 30.4 Å². The van der Waals surface area contributed by atoms with Crippen LogP contribution in [0.25, 0.3) is 0 Å². The van der Waals surface area contributed by atoms with Crippen molar-refractivity contribution < 1.29 is 34.2 Å². The van der Waals surface area contributed by atoms with Crippen LogP contribution in [-0.4, -0.2) is 94.1 Å². The molecule has 12 nitrogen and oxygen atoms in total. The molecule has 9 N–H and O–H groups in total. The molecule has 0 bridgehead atoms. The summed E-state index contributed by atoms with van der Waals surface area (Å²) in [5.74, 6) is -3.68. The molecular formula is C18H33N5O7S2. The minimum Gasteiger partial charge on any atom is -0.480 e. The smallest absolute Gasteiger partial charge is 0.326 e. The van der Waals surface area contributed by atoms with E-state index in [2.05, 4.69) is 16.0 Å². The van der Waals surface area contributed by atoms with Crippen molar-refractivity contribution in [2.24, 2.45) is 11.5 Å². The Hall–Kier alpha value is -2.03. The van der Waals surface area contributed by atoms with Crippen molar-refractivity contribution in [1.82, 2.24) is 16.0 Å². The third kappa shape index (κ3) is 11.5. The Morgan fingerprint density at radius 3 is 1.88 bits per heavy atom. The molecule has 0 saturated carbocycles. The van der Waals surface area contributed by atoms with Crippen LogP contribution in [0.5, 0.6) is 0 Å². The van der Waals surface area contributed by atoms with Gasteiger partial charge in [0.15, 0.2) is 0 Å². The van der Waals surface area contributed by atoms with Crippen molar-refractivity contribution in [1.29, 1.82) is 0 Å². The highest BCUT2D eigenvalue weighted by Crippen LogP contribution is 2.05. The summed E-state index contributed by atoms with van der Waals surface area (Å²) in [6.07, 6.45) is 2.13. The summed E-state index contributed by atoms with van der Waals surface area (Å²) in [5, 5.41) is 26.1. The van der Waals surface area contributed by atoms with E-state index in [-0.39, 0.29) is 6.42 Å². The number of rotatable bonds is 16. The molecule has 0 aliphatic heterocycles. The molecule has 0 aliphatic carbocycles. The molecule has 0 heterocycles. The van der Waals surface area contributed by atoms with Crippen LogP contribution in [0.15, 0.2) is 0 Å². The summed E-state index contributed by atoms with van der Waals surface area (Å²) in [5.41, 5.74) is 10.9. The number of hydrogen-bond donors (Lipinski definition) is 7. The fourth-order valence-electron chi connectivity index (χ4n) is 2.48. The van der Waals surface area contributed by atoms with Gasteiger partial charge in [-0.1, -0.05) is 0 Å². The summed E-state index contributed by atoms with van der Waals surface area (Å²) >= 11 is 2.87. The summed E-state index contributed by atoms with van der Waals surface area (Å²) in [7, 11) is 0. The molecule has 0 rings (SSSR count). The first-order valence-electron chi connectivity index (χ1n) is 9.78. The highest BCUT2D eigenvalue weighted by molar-refractivity contribution is 7.98. The van der Waals surface area contributed by atoms with Gasteiger partial charge in [0.2, 0.25) is 23.6 Å². The van der Waals surface area contributed by atoms with Crippen molar-refractivity contribution in [3.8, 4) is 0 Å². The van der Waals surface area contributed by atoms with E-state index in [0.29, 0.717) is 17.9 Å². The number of nitrogens with two attached hydrogens (primary N) is 2. The zero-order valence-electron chi connectivity index (χ0n) is 18.3. The minimum absolute atomic E-state index is 0.125. The van der Waals surface area contributed by atoms with Gasteiger partial charge in [-0.2, -0.15) is 23.5 Å². The maximum absolute atomic E-state index is 12.7. The number of primary amides is 1. The molecule has 14 heteroatoms. The van der Waals surface area contributed by atoms with Gasteiger partial charge in [0.1, 0.15) is 18.1 Å². The van der Waals surface area contributed by atoms with E-state index in [4.69, 9.17) is 11.5 Å². The number of carboxylic acids is 1. The first-order valence-corrected chi connectivity index (χ1v) is 12.6. The summed E-state index contributed by atoms with van der Waals surface area (Å²) in [6, 6.07) is -5.10. The first kappa shape index (κ1) is 30.0. The van der Waals surface area contributed by atoms with Gasteiger partial charge in [-0.3, -0.25) is 19.2 Å². The van der Waals surface area contributed by atoms with E-state index < -0.39 is 66.3 Å². The highest BCUT2D eigenvalue weighted by atomic mass is 32.2. The Labute approximate surface area is 195 Å². The second-order valence-electron chi connectivity index (χ2n) is 7.03. The number of hydrogen-bond acceptors (Lipinski definition) is 9. The van der Waals surface area contributed by atoms with E-state index >= 15 is 0 Å². The van der Waals surface area contributed by atoms with E-state index in [1.54, 1.807) is 6.26 Å². The van der Waals surface area contributed by atoms with Crippen molar-refractivity contribution in [3.05, 3.63) is 0 Å². The Bertz CT molecular complexity index is 666. The number of amides is 4. The van der Waals surface area contributed by atoms with Crippen molar-refractivity contribution in [2.75, 3.05) is 24.0 Å². The van der Waals surface area contributed by atoms with E-state index in [1.807, 2.05) is 6.26 Å². The van der Waals surface area contributed by atoms with E-state index in [0.717, 1.165) is 0 Å². The quantitative estimate of drug-likeness (QED) is 0.121. The molecule has 0 aromatic rings. The third-order valence-electron chi connectivity index (χ3n) is 4.30. The van der Waals surface area contributed by atoms with Gasteiger partial charge in [0.25, 0.3) is 0 Å². The molecule has 0 spiro atoms. The average molecular weight is 496 g/mol. The van der Waals surface area contributed by atoms with Gasteiger partial charge in [-0.05, 0) is 43.8 Å². The molecule has 0 aliphatic rings. The molecule has 32 heavy (non-hydrogen) atoms. The fourth-order valence-corrected chi connectivity index (χ4v) is 3.44. The van der Waals surface area contributed by atoms with Crippen LogP contribution in [0.1, 0.15) is 26.2 Å². The number of aliphatic hydroxyl groups is 1. The highest BCUT2D eigenvalue weighted by Gasteiger charge is 2.33. The van der Waals surface area contributed by atoms with Gasteiger partial charge in [-0.15, -0.1) is 0 Å². The molecule has 0 radical (unpaired) electrons. The maximum Gasteiger partial charge on any atom is 0.326 e. The minimum atomic E-state index is -1.50. The maximum atomic E-state index is 12.7. The summed E-state index contributed by atoms with van der Waals surface area (Å²) in [4.78, 5) is 60.2. The lowest BCUT2D eigenvalue weighted by Gasteiger charge is -2.26. The molecule has 5 unspecified atom stereocenters. The van der Waals surface area contributed by atoms with Gasteiger partial charge in [0, 0.05) is 0 Å². The molecule has 0 saturated heterocycles. The zero-order valence-corrected chi connectivity index (χ0v) is 20.0. The van der Waals surface area contributed by atoms with Crippen LogP contribution in [0, 0.1) is 0 Å². The first-order chi connectivity index (χ1) is 14.9. The second kappa shape index (κ2) is 15.7. The summed E-state index contributed by atoms with van der Waals surface area (Å²) < 4.78 is 0. The van der Waals surface area contributed by atoms with Crippen molar-refractivity contribution >= 4 is 53.1 Å². The number of aliphatic carboxylic acids is 1. The van der Waals surface area contributed by atoms with Crippen molar-refractivity contribution in [3.63, 3.8) is 0 Å². The van der Waals surface area contributed by atoms with E-state index in [9.17, 15) is 34.2 Å². The SMILES string of the molecule is CSCCC(N)C(=O)NC(C(=O)NC(CC(N)=O)C(=O)NC(CCSC)C(=O)O)C(C)O. The third-order valence-corrected chi connectivity index (χ3v) is 5.58. The molecular weight excluding hydrogens is 462 g/mol. The molecule has 0 fully saturated rings. The fraction of sp³-hybridized carbons (Fsp3) is 0.722. The standard InChI is InChI=1S/C18H33N5O7S2/c1-9(24)14(23-15(26)10(19)4-6-31-2)17(28)22-12(8-13(20)25)16(27)21-11(18(29)30)5-7-32-3/h9-12,14,24H,4-8,19H2,1-3H3,(H2,20,25)(H,21,27)(H,22,28)(H,23,26)(H,29,30). The number of thioether (sulfide) groups is 2. The second-order valence-corrected chi connectivity index (χ2v) is 9.00. The van der Waals surface area contributed by atoms with Crippen LogP contribution in [-0.2, 0) is 24.0 Å². The molecule has 0 aromatic heterocycles. The average Bonchev–Trinajstić information content (AvgIpc) is 2.71. The Kier molecular flexibility index (Phi) is 14.7. The Morgan fingerprint density at radius 2 is 1.41 bits per heavy atom. The number of carbonyl (C=O) groups is 5. The largest absolute Gasteiger partial charge is 0.480 e. The Balaban J connectivity index is 5.36. The molecule has 0 aromatic carbocycles. The predicted molar refractivity (Wildman–Crippen MR) is 123 cm³/mol. The van der Waals surface area contributed by atoms with Crippen LogP contribution >= 0.6 is 23.5 Å². The van der Waals surface area contributed by atoms with Crippen LogP contribution in [0.3, 0.4) is 0 Å². The van der Waals surface area contributed by atoms with Gasteiger partial charge in [0.05, 0.1) is 18.6 Å². The van der Waals surface area contributed by atoms with Gasteiger partial charge < -0.3 is 37.6 Å². The number of nitrogens with one attached hydrogen (secondary N) is 3. The zero-order chi connectivity index (χ0) is 24.8. The molecule has 4 amide bonds. The molecule has 5 atom stereocenters. The van der Waals surface area contributed by atoms with Crippen molar-refractivity contribution in [2.45, 2.75) is 56.5 Å². The monoisotopic (exact) mass is 495 g/mol. The lowest BCUT2D eigenvalue weighted by molar-refractivity contribution is -0.142. The van der Waals surface area contributed by atoms with Crippen LogP contribution in [0.2, 0.25) is 0 Å². The summed E-state index contributed by atoms with van der Waals surface area (Å²) in [6.45, 7) is 1.25. The lowest BCUT2D eigenvalue weighted by Crippen LogP contribution is -2.60. The van der Waals surface area contributed by atoms with Gasteiger partial charge >= 0.3 is 5.97 Å². The molecule has 184 valence electrons. The Morgan fingerprint density at radius 1 is 0.875 bits per heavy atom. The predicted octanol–water partition coefficient (Wildman–Crippen LogP) is -2.38. The number of aliphatic hydroxyl groups excluding tert-OH is 1. The van der Waals surface area contributed by atoms with Crippen LogP contribution in [0.4, 0.5) is 0 Å². The normalized spacial score (nSPS) is 15.5.